The van der Waals surface area contributed by atoms with Crippen molar-refractivity contribution < 1.29 is 0 Å². The summed E-state index contributed by atoms with van der Waals surface area (Å²) in [6.07, 6.45) is 1.13. The molecule has 0 amide bonds. The molecule has 0 fully saturated rings. The summed E-state index contributed by atoms with van der Waals surface area (Å²) in [7, 11) is 0. The average molecular weight is 283 g/mol. The van der Waals surface area contributed by atoms with Gasteiger partial charge in [-0.2, -0.15) is 0 Å². The second-order valence-corrected chi connectivity index (χ2v) is 5.78. The monoisotopic (exact) mass is 283 g/mol. The van der Waals surface area contributed by atoms with Crippen LogP contribution in [0.1, 0.15) is 50.1 Å². The van der Waals surface area contributed by atoms with Crippen molar-refractivity contribution in [1.29, 1.82) is 0 Å². The van der Waals surface area contributed by atoms with Gasteiger partial charge in [0.15, 0.2) is 5.82 Å². The second-order valence-electron chi connectivity index (χ2n) is 5.78. The van der Waals surface area contributed by atoms with E-state index in [1.807, 2.05) is 6.92 Å². The molecule has 2 rings (SSSR count). The number of benzene rings is 1. The molecule has 0 unspecified atom stereocenters. The minimum absolute atomic E-state index is 0.547. The highest BCUT2D eigenvalue weighted by atomic mass is 14.9. The minimum atomic E-state index is 0.547. The first-order valence-electron chi connectivity index (χ1n) is 7.75. The topological polar surface area (TPSA) is 37.8 Å². The molecule has 2 aromatic rings. The minimum Gasteiger partial charge on any atom is -0.311 e. The predicted octanol–water partition coefficient (Wildman–Crippen LogP) is 4.08. The molecule has 0 spiro atoms. The van der Waals surface area contributed by atoms with Crippen LogP contribution in [0.5, 0.6) is 0 Å². The maximum atomic E-state index is 4.68. The Labute approximate surface area is 127 Å². The Bertz CT molecular complexity index is 574. The van der Waals surface area contributed by atoms with Gasteiger partial charge >= 0.3 is 0 Å². The fraction of sp³-hybridized carbons (Fsp3) is 0.444. The van der Waals surface area contributed by atoms with Crippen LogP contribution in [0.2, 0.25) is 0 Å². The summed E-state index contributed by atoms with van der Waals surface area (Å²) >= 11 is 0. The molecule has 1 aromatic carbocycles. The van der Waals surface area contributed by atoms with Gasteiger partial charge in [-0.1, -0.05) is 45.0 Å². The molecule has 0 aliphatic carbocycles. The van der Waals surface area contributed by atoms with E-state index in [4.69, 9.17) is 0 Å². The van der Waals surface area contributed by atoms with Crippen LogP contribution < -0.4 is 5.32 Å². The van der Waals surface area contributed by atoms with Crippen molar-refractivity contribution in [2.75, 3.05) is 6.54 Å². The molecule has 1 aromatic heterocycles. The molecule has 3 nitrogen and oxygen atoms in total. The summed E-state index contributed by atoms with van der Waals surface area (Å²) in [5.41, 5.74) is 4.50. The summed E-state index contributed by atoms with van der Waals surface area (Å²) in [5.74, 6) is 1.37. The molecule has 0 aliphatic rings. The van der Waals surface area contributed by atoms with Crippen LogP contribution in [0.25, 0.3) is 11.4 Å². The molecule has 3 heteroatoms. The average Bonchev–Trinajstić information content (AvgIpc) is 2.47. The van der Waals surface area contributed by atoms with Crippen LogP contribution in [-0.4, -0.2) is 16.5 Å². The van der Waals surface area contributed by atoms with Gasteiger partial charge in [-0.3, -0.25) is 0 Å². The van der Waals surface area contributed by atoms with Crippen LogP contribution in [0.3, 0.4) is 0 Å². The number of aryl methyl sites for hydroxylation is 1. The van der Waals surface area contributed by atoms with Crippen molar-refractivity contribution in [1.82, 2.24) is 15.3 Å². The van der Waals surface area contributed by atoms with Crippen LogP contribution in [-0.2, 0) is 6.54 Å². The summed E-state index contributed by atoms with van der Waals surface area (Å²) in [5, 5.41) is 3.39. The van der Waals surface area contributed by atoms with Gasteiger partial charge < -0.3 is 5.32 Å². The van der Waals surface area contributed by atoms with E-state index in [-0.39, 0.29) is 0 Å². The van der Waals surface area contributed by atoms with Gasteiger partial charge in [-0.25, -0.2) is 9.97 Å². The van der Waals surface area contributed by atoms with Crippen molar-refractivity contribution in [3.63, 3.8) is 0 Å². The quantitative estimate of drug-likeness (QED) is 0.812. The summed E-state index contributed by atoms with van der Waals surface area (Å²) in [4.78, 5) is 9.24. The molecule has 1 N–H and O–H groups in total. The largest absolute Gasteiger partial charge is 0.311 e. The van der Waals surface area contributed by atoms with Gasteiger partial charge in [0, 0.05) is 17.8 Å². The lowest BCUT2D eigenvalue weighted by Gasteiger charge is -2.09. The van der Waals surface area contributed by atoms with Gasteiger partial charge in [-0.15, -0.1) is 0 Å². The van der Waals surface area contributed by atoms with Gasteiger partial charge in [-0.05, 0) is 37.4 Å². The van der Waals surface area contributed by atoms with Gasteiger partial charge in [0.2, 0.25) is 0 Å². The number of nitrogens with zero attached hydrogens (tertiary/aromatic N) is 2. The normalized spacial score (nSPS) is 11.1. The molecule has 0 bridgehead atoms. The zero-order chi connectivity index (χ0) is 15.2. The fourth-order valence-electron chi connectivity index (χ4n) is 2.26. The van der Waals surface area contributed by atoms with Crippen molar-refractivity contribution in [2.45, 2.75) is 46.6 Å². The molecule has 0 aliphatic heterocycles. The third kappa shape index (κ3) is 4.36. The third-order valence-electron chi connectivity index (χ3n) is 3.48. The Balaban J connectivity index is 2.22. The first kappa shape index (κ1) is 15.6. The first-order chi connectivity index (χ1) is 10.1. The van der Waals surface area contributed by atoms with Crippen molar-refractivity contribution >= 4 is 0 Å². The van der Waals surface area contributed by atoms with Gasteiger partial charge in [0.25, 0.3) is 0 Å². The number of hydrogen-bond donors (Lipinski definition) is 1. The molecule has 1 heterocycles. The zero-order valence-electron chi connectivity index (χ0n) is 13.5. The molecule has 21 heavy (non-hydrogen) atoms. The van der Waals surface area contributed by atoms with Crippen molar-refractivity contribution in [3.8, 4) is 11.4 Å². The number of nitrogens with one attached hydrogen (secondary N) is 1. The Morgan fingerprint density at radius 3 is 2.43 bits per heavy atom. The lowest BCUT2D eigenvalue weighted by Crippen LogP contribution is -2.15. The maximum absolute atomic E-state index is 4.68. The fourth-order valence-corrected chi connectivity index (χ4v) is 2.26. The molecular weight excluding hydrogens is 258 g/mol. The maximum Gasteiger partial charge on any atom is 0.159 e. The molecule has 0 saturated carbocycles. The Morgan fingerprint density at radius 2 is 1.81 bits per heavy atom. The van der Waals surface area contributed by atoms with E-state index in [2.05, 4.69) is 66.4 Å². The van der Waals surface area contributed by atoms with Gasteiger partial charge in [0.05, 0.1) is 5.69 Å². The Morgan fingerprint density at radius 1 is 1.10 bits per heavy atom. The molecule has 0 atom stereocenters. The lowest BCUT2D eigenvalue weighted by atomic mass is 10.0. The molecule has 0 radical (unpaired) electrons. The smallest absolute Gasteiger partial charge is 0.159 e. The number of hydrogen-bond acceptors (Lipinski definition) is 3. The van der Waals surface area contributed by atoms with Crippen LogP contribution in [0, 0.1) is 6.92 Å². The highest BCUT2D eigenvalue weighted by Gasteiger charge is 2.06. The van der Waals surface area contributed by atoms with E-state index in [0.29, 0.717) is 5.92 Å². The van der Waals surface area contributed by atoms with Crippen LogP contribution in [0.4, 0.5) is 0 Å². The summed E-state index contributed by atoms with van der Waals surface area (Å²) in [6, 6.07) is 10.6. The summed E-state index contributed by atoms with van der Waals surface area (Å²) in [6.45, 7) is 10.4. The number of rotatable bonds is 6. The Hall–Kier alpha value is -1.74. The molecular formula is C18H25N3. The predicted molar refractivity (Wildman–Crippen MR) is 88.3 cm³/mol. The van der Waals surface area contributed by atoms with Crippen LogP contribution >= 0.6 is 0 Å². The standard InChI is InChI=1S/C18H25N3/c1-5-10-19-12-17-11-14(4)20-18(21-17)16-8-6-15(7-9-16)13(2)3/h6-9,11,13,19H,5,10,12H2,1-4H3. The Kier molecular flexibility index (Phi) is 5.45. The van der Waals surface area contributed by atoms with E-state index in [9.17, 15) is 0 Å². The van der Waals surface area contributed by atoms with E-state index in [1.54, 1.807) is 0 Å². The molecule has 112 valence electrons. The van der Waals surface area contributed by atoms with E-state index in [1.165, 1.54) is 5.56 Å². The zero-order valence-corrected chi connectivity index (χ0v) is 13.5. The highest BCUT2D eigenvalue weighted by molar-refractivity contribution is 5.55. The first-order valence-corrected chi connectivity index (χ1v) is 7.75. The number of aromatic nitrogens is 2. The van der Waals surface area contributed by atoms with E-state index >= 15 is 0 Å². The third-order valence-corrected chi connectivity index (χ3v) is 3.48. The molecule has 0 saturated heterocycles. The van der Waals surface area contributed by atoms with E-state index in [0.717, 1.165) is 42.3 Å². The second kappa shape index (κ2) is 7.32. The lowest BCUT2D eigenvalue weighted by molar-refractivity contribution is 0.662. The van der Waals surface area contributed by atoms with Crippen molar-refractivity contribution in [3.05, 3.63) is 47.3 Å². The van der Waals surface area contributed by atoms with Crippen molar-refractivity contribution in [2.24, 2.45) is 0 Å². The van der Waals surface area contributed by atoms with Crippen LogP contribution in [0.15, 0.2) is 30.3 Å². The van der Waals surface area contributed by atoms with Gasteiger partial charge in [0.1, 0.15) is 0 Å². The highest BCUT2D eigenvalue weighted by Crippen LogP contribution is 2.20. The summed E-state index contributed by atoms with van der Waals surface area (Å²) < 4.78 is 0. The SMILES string of the molecule is CCCNCc1cc(C)nc(-c2ccc(C(C)C)cc2)n1. The van der Waals surface area contributed by atoms with E-state index < -0.39 is 0 Å².